The number of amides is 2. The van der Waals surface area contributed by atoms with Gasteiger partial charge in [-0.25, -0.2) is 9.59 Å². The highest BCUT2D eigenvalue weighted by Crippen LogP contribution is 2.29. The summed E-state index contributed by atoms with van der Waals surface area (Å²) in [6.07, 6.45) is -6.89. The van der Waals surface area contributed by atoms with Gasteiger partial charge in [-0.05, 0) is 89.5 Å². The summed E-state index contributed by atoms with van der Waals surface area (Å²) >= 11 is 24.2. The van der Waals surface area contributed by atoms with Crippen LogP contribution < -0.4 is 10.6 Å². The zero-order valence-electron chi connectivity index (χ0n) is 32.7. The first-order valence-electron chi connectivity index (χ1n) is 18.2. The smallest absolute Gasteiger partial charge is 0.337 e. The zero-order valence-corrected chi connectivity index (χ0v) is 35.7. The van der Waals surface area contributed by atoms with E-state index in [0.29, 0.717) is 25.7 Å². The molecule has 0 aliphatic rings. The number of aliphatic carboxylic acids is 1. The van der Waals surface area contributed by atoms with Gasteiger partial charge in [-0.1, -0.05) is 94.9 Å². The maximum atomic E-state index is 12.0. The molecule has 0 heterocycles. The van der Waals surface area contributed by atoms with E-state index in [1.807, 2.05) is 36.4 Å². The molecule has 0 aliphatic carbocycles. The van der Waals surface area contributed by atoms with Gasteiger partial charge in [0, 0.05) is 34.3 Å². The molecular weight excluding hydrogens is 866 g/mol. The molecule has 18 heteroatoms. The van der Waals surface area contributed by atoms with Crippen molar-refractivity contribution >= 4 is 70.2 Å². The van der Waals surface area contributed by atoms with E-state index in [9.17, 15) is 39.6 Å². The van der Waals surface area contributed by atoms with Crippen molar-refractivity contribution in [1.29, 1.82) is 0 Å². The number of aliphatic hydroxyl groups excluding tert-OH is 4. The number of hydrogen-bond donors (Lipinski definition) is 7. The van der Waals surface area contributed by atoms with Crippen LogP contribution in [0.25, 0.3) is 22.3 Å². The maximum absolute atomic E-state index is 12.0. The second-order valence-corrected chi connectivity index (χ2v) is 15.0. The number of carbonyl (C=O) groups excluding carboxylic acids is 3. The topological polar surface area (TPSA) is 221 Å². The molecule has 0 bridgehead atoms. The molecule has 0 aromatic heterocycles. The van der Waals surface area contributed by atoms with Gasteiger partial charge in [0.2, 0.25) is 11.8 Å². The van der Waals surface area contributed by atoms with Crippen LogP contribution >= 0.6 is 46.4 Å². The third kappa shape index (κ3) is 15.9. The van der Waals surface area contributed by atoms with Crippen molar-refractivity contribution in [3.63, 3.8) is 0 Å². The van der Waals surface area contributed by atoms with Crippen LogP contribution in [0.4, 0.5) is 0 Å². The van der Waals surface area contributed by atoms with Gasteiger partial charge in [0.15, 0.2) is 12.2 Å². The molecule has 2 amide bonds. The molecule has 4 aromatic carbocycles. The fourth-order valence-electron chi connectivity index (χ4n) is 5.84. The Balaban J connectivity index is 0.000000321. The first-order valence-corrected chi connectivity index (χ1v) is 19.8. The lowest BCUT2D eigenvalue weighted by Gasteiger charge is -2.27. The number of benzene rings is 4. The number of aliphatic hydroxyl groups is 4. The minimum absolute atomic E-state index is 0.0539. The van der Waals surface area contributed by atoms with Gasteiger partial charge in [-0.15, -0.1) is 0 Å². The van der Waals surface area contributed by atoms with Crippen molar-refractivity contribution in [2.45, 2.75) is 56.3 Å². The molecule has 6 atom stereocenters. The van der Waals surface area contributed by atoms with E-state index in [0.717, 1.165) is 27.8 Å². The number of methoxy groups -OCH3 is 2. The molecule has 0 aliphatic heterocycles. The standard InChI is InChI=1S/C22H25Cl2NO6.C20H21Cl2NO6/c1-3-31-22(29)21(28)20(27)18(25-19(26)12-30-2)8-13-4-6-14(7-5-13)15-9-16(23)11-17(24)10-15;1-29-10-17(24)23-16(18(25)19(26)20(27)28)6-11-2-4-12(5-3-11)13-7-14(21)9-15(22)8-13/h4-7,9-11,18,20-21,27-28H,3,8,12H2,1-2H3,(H,25,26);2-5,7-9,16,18-19,25-26H,6,10H2,1H3,(H,23,24)(H,27,28)/t18?,20-,21+;16?,18-,19+/m00/s1. The summed E-state index contributed by atoms with van der Waals surface area (Å²) in [6, 6.07) is 22.9. The Morgan fingerprint density at radius 2 is 0.917 bits per heavy atom. The Kier molecular flexibility index (Phi) is 20.7. The SMILES string of the molecule is CCOC(=O)[C@H](O)[C@@H](O)C(Cc1ccc(-c2cc(Cl)cc(Cl)c2)cc1)NC(=O)COC.COCC(=O)NC(Cc1ccc(-c2cc(Cl)cc(Cl)c2)cc1)[C@H](O)[C@@H](O)C(=O)O. The second kappa shape index (κ2) is 24.8. The van der Waals surface area contributed by atoms with Crippen molar-refractivity contribution in [2.24, 2.45) is 0 Å². The van der Waals surface area contributed by atoms with E-state index >= 15 is 0 Å². The highest BCUT2D eigenvalue weighted by atomic mass is 35.5. The maximum Gasteiger partial charge on any atom is 0.337 e. The van der Waals surface area contributed by atoms with Crippen molar-refractivity contribution < 1.29 is 58.9 Å². The predicted octanol–water partition coefficient (Wildman–Crippen LogP) is 4.76. The number of nitrogens with one attached hydrogen (secondary N) is 2. The summed E-state index contributed by atoms with van der Waals surface area (Å²) in [7, 11) is 2.69. The van der Waals surface area contributed by atoms with Gasteiger partial charge in [0.1, 0.15) is 25.4 Å². The Hall–Kier alpha value is -4.32. The van der Waals surface area contributed by atoms with Crippen LogP contribution in [0, 0.1) is 0 Å². The summed E-state index contributed by atoms with van der Waals surface area (Å²) in [4.78, 5) is 46.7. The molecule has 0 fully saturated rings. The average molecular weight is 913 g/mol. The van der Waals surface area contributed by atoms with Crippen LogP contribution in [-0.4, -0.2) is 120 Å². The van der Waals surface area contributed by atoms with E-state index in [1.165, 1.54) is 14.2 Å². The molecule has 4 rings (SSSR count). The number of rotatable bonds is 19. The average Bonchev–Trinajstić information content (AvgIpc) is 3.19. The van der Waals surface area contributed by atoms with Gasteiger partial charge in [0.25, 0.3) is 0 Å². The van der Waals surface area contributed by atoms with Gasteiger partial charge in [-0.2, -0.15) is 0 Å². The summed E-state index contributed by atoms with van der Waals surface area (Å²) in [5, 5.41) is 56.6. The molecule has 14 nitrogen and oxygen atoms in total. The number of ether oxygens (including phenoxy) is 3. The number of hydrogen-bond acceptors (Lipinski definition) is 11. The molecule has 0 saturated heterocycles. The van der Waals surface area contributed by atoms with Gasteiger partial charge in [-0.3, -0.25) is 9.59 Å². The first-order chi connectivity index (χ1) is 28.4. The van der Waals surface area contributed by atoms with Gasteiger partial charge >= 0.3 is 11.9 Å². The lowest BCUT2D eigenvalue weighted by molar-refractivity contribution is -0.161. The molecule has 4 aromatic rings. The van der Waals surface area contributed by atoms with E-state index in [4.69, 9.17) is 65.7 Å². The Morgan fingerprint density at radius 3 is 1.23 bits per heavy atom. The van der Waals surface area contributed by atoms with Crippen molar-refractivity contribution in [3.05, 3.63) is 116 Å². The summed E-state index contributed by atoms with van der Waals surface area (Å²) in [5.41, 5.74) is 4.85. The largest absolute Gasteiger partial charge is 0.479 e. The number of carboxylic acid groups (broad SMARTS) is 1. The minimum atomic E-state index is -2.05. The van der Waals surface area contributed by atoms with Crippen LogP contribution in [-0.2, 0) is 46.2 Å². The second-order valence-electron chi connectivity index (χ2n) is 13.3. The quantitative estimate of drug-likeness (QED) is 0.0634. The lowest BCUT2D eigenvalue weighted by atomic mass is 9.96. The Morgan fingerprint density at radius 1 is 0.567 bits per heavy atom. The summed E-state index contributed by atoms with van der Waals surface area (Å²) in [5.74, 6) is -3.59. The van der Waals surface area contributed by atoms with Crippen LogP contribution in [0.5, 0.6) is 0 Å². The molecule has 0 spiro atoms. The number of carbonyl (C=O) groups is 4. The number of halogens is 4. The van der Waals surface area contributed by atoms with E-state index in [2.05, 4.69) is 10.6 Å². The number of carboxylic acids is 1. The molecular formula is C42H46Cl4N2O12. The molecule has 324 valence electrons. The molecule has 60 heavy (non-hydrogen) atoms. The van der Waals surface area contributed by atoms with E-state index in [-0.39, 0.29) is 32.7 Å². The highest BCUT2D eigenvalue weighted by Gasteiger charge is 2.34. The number of esters is 1. The van der Waals surface area contributed by atoms with Crippen LogP contribution in [0.1, 0.15) is 18.1 Å². The Labute approximate surface area is 366 Å². The van der Waals surface area contributed by atoms with E-state index in [1.54, 1.807) is 55.5 Å². The molecule has 2 unspecified atom stereocenters. The third-order valence-electron chi connectivity index (χ3n) is 8.71. The lowest BCUT2D eigenvalue weighted by Crippen LogP contribution is -2.53. The molecule has 0 radical (unpaired) electrons. The highest BCUT2D eigenvalue weighted by molar-refractivity contribution is 6.35. The monoisotopic (exact) mass is 910 g/mol. The Bertz CT molecular complexity index is 2000. The fourth-order valence-corrected chi connectivity index (χ4v) is 6.89. The van der Waals surface area contributed by atoms with Crippen molar-refractivity contribution in [3.8, 4) is 22.3 Å². The van der Waals surface area contributed by atoms with Gasteiger partial charge in [0.05, 0.1) is 18.7 Å². The third-order valence-corrected chi connectivity index (χ3v) is 9.58. The van der Waals surface area contributed by atoms with E-state index < -0.39 is 60.3 Å². The summed E-state index contributed by atoms with van der Waals surface area (Å²) < 4.78 is 14.3. The predicted molar refractivity (Wildman–Crippen MR) is 227 cm³/mol. The van der Waals surface area contributed by atoms with Crippen molar-refractivity contribution in [1.82, 2.24) is 10.6 Å². The summed E-state index contributed by atoms with van der Waals surface area (Å²) in [6.45, 7) is 1.15. The minimum Gasteiger partial charge on any atom is -0.479 e. The van der Waals surface area contributed by atoms with Crippen LogP contribution in [0.2, 0.25) is 20.1 Å². The van der Waals surface area contributed by atoms with Crippen LogP contribution in [0.3, 0.4) is 0 Å². The van der Waals surface area contributed by atoms with Crippen molar-refractivity contribution in [2.75, 3.05) is 34.0 Å². The molecule has 0 saturated carbocycles. The zero-order chi connectivity index (χ0) is 44.5. The first kappa shape index (κ1) is 50.0. The molecule has 7 N–H and O–H groups in total. The normalized spacial score (nSPS) is 14.0. The fraction of sp³-hybridized carbons (Fsp3) is 0.333. The van der Waals surface area contributed by atoms with Gasteiger partial charge < -0.3 is 50.4 Å². The van der Waals surface area contributed by atoms with Crippen LogP contribution in [0.15, 0.2) is 84.9 Å².